The van der Waals surface area contributed by atoms with Gasteiger partial charge in [0.05, 0.1) is 18.7 Å². The summed E-state index contributed by atoms with van der Waals surface area (Å²) in [6.07, 6.45) is 1.78. The number of thiophene rings is 1. The van der Waals surface area contributed by atoms with Crippen LogP contribution in [0.4, 0.5) is 9.80 Å². The Kier molecular flexibility index (Phi) is 5.46. The molecule has 3 rings (SSSR count). The first-order valence-electron chi connectivity index (χ1n) is 8.77. The number of carbonyl (C=O) groups is 2. The number of amides is 2. The molecule has 0 aromatic carbocycles. The van der Waals surface area contributed by atoms with Gasteiger partial charge in [-0.15, -0.1) is 11.3 Å². The highest BCUT2D eigenvalue weighted by Crippen LogP contribution is 2.37. The molecule has 0 bridgehead atoms. The summed E-state index contributed by atoms with van der Waals surface area (Å²) in [6.45, 7) is 6.84. The zero-order valence-corrected chi connectivity index (χ0v) is 16.3. The van der Waals surface area contributed by atoms with E-state index in [0.29, 0.717) is 42.4 Å². The number of carbonyl (C=O) groups excluding carboxylic acids is 2. The highest BCUT2D eigenvalue weighted by atomic mass is 32.1. The molecule has 2 amide bonds. The van der Waals surface area contributed by atoms with Crippen LogP contribution in [-0.2, 0) is 17.7 Å². The number of nitrogens with one attached hydrogen (secondary N) is 1. The minimum atomic E-state index is -0.360. The standard InChI is InChI=1S/C18H21N5O3S/c1-4-26-18(25)22-8-6-12-13(9-19)17(27-15(12)10-22)21-16(24)14-5-7-20-23(14)11(2)3/h5,7,11H,4,6,8,10H2,1-3H3,(H,21,24). The molecular weight excluding hydrogens is 366 g/mol. The molecule has 0 saturated heterocycles. The average molecular weight is 387 g/mol. The van der Waals surface area contributed by atoms with E-state index in [4.69, 9.17) is 4.74 Å². The van der Waals surface area contributed by atoms with Crippen LogP contribution in [0.2, 0.25) is 0 Å². The van der Waals surface area contributed by atoms with E-state index in [9.17, 15) is 14.9 Å². The van der Waals surface area contributed by atoms with Gasteiger partial charge in [0.1, 0.15) is 16.8 Å². The largest absolute Gasteiger partial charge is 0.450 e. The van der Waals surface area contributed by atoms with Crippen molar-refractivity contribution >= 4 is 28.3 Å². The van der Waals surface area contributed by atoms with Gasteiger partial charge >= 0.3 is 6.09 Å². The second-order valence-electron chi connectivity index (χ2n) is 6.40. The predicted molar refractivity (Wildman–Crippen MR) is 101 cm³/mol. The third kappa shape index (κ3) is 3.66. The Labute approximate surface area is 161 Å². The second kappa shape index (κ2) is 7.80. The van der Waals surface area contributed by atoms with Crippen LogP contribution in [0.25, 0.3) is 0 Å². The maximum Gasteiger partial charge on any atom is 0.410 e. The second-order valence-corrected chi connectivity index (χ2v) is 7.50. The Hall–Kier alpha value is -2.86. The summed E-state index contributed by atoms with van der Waals surface area (Å²) >= 11 is 1.33. The number of hydrogen-bond acceptors (Lipinski definition) is 6. The van der Waals surface area contributed by atoms with Crippen molar-refractivity contribution in [2.45, 2.75) is 39.8 Å². The molecule has 8 nitrogen and oxygen atoms in total. The number of hydrogen-bond donors (Lipinski definition) is 1. The molecule has 0 aliphatic carbocycles. The van der Waals surface area contributed by atoms with E-state index in [-0.39, 0.29) is 18.0 Å². The number of ether oxygens (including phenoxy) is 1. The number of anilines is 1. The summed E-state index contributed by atoms with van der Waals surface area (Å²) in [6, 6.07) is 3.90. The van der Waals surface area contributed by atoms with Gasteiger partial charge in [0.25, 0.3) is 5.91 Å². The van der Waals surface area contributed by atoms with Gasteiger partial charge in [-0.05, 0) is 38.8 Å². The smallest absolute Gasteiger partial charge is 0.410 e. The van der Waals surface area contributed by atoms with Crippen molar-refractivity contribution in [3.8, 4) is 6.07 Å². The van der Waals surface area contributed by atoms with E-state index in [2.05, 4.69) is 16.5 Å². The van der Waals surface area contributed by atoms with E-state index < -0.39 is 0 Å². The lowest BCUT2D eigenvalue weighted by Gasteiger charge is -2.25. The molecule has 0 fully saturated rings. The fourth-order valence-corrected chi connectivity index (χ4v) is 4.26. The van der Waals surface area contributed by atoms with Gasteiger partial charge in [-0.1, -0.05) is 0 Å². The van der Waals surface area contributed by atoms with E-state index in [1.54, 1.807) is 28.8 Å². The SMILES string of the molecule is CCOC(=O)N1CCc2c(sc(NC(=O)c3ccnn3C(C)C)c2C#N)C1. The Morgan fingerprint density at radius 3 is 2.93 bits per heavy atom. The third-order valence-corrected chi connectivity index (χ3v) is 5.45. The minimum Gasteiger partial charge on any atom is -0.450 e. The van der Waals surface area contributed by atoms with Gasteiger partial charge in [0.2, 0.25) is 0 Å². The zero-order chi connectivity index (χ0) is 19.6. The van der Waals surface area contributed by atoms with Gasteiger partial charge < -0.3 is 15.0 Å². The summed E-state index contributed by atoms with van der Waals surface area (Å²) in [5.41, 5.74) is 1.81. The van der Waals surface area contributed by atoms with Crippen LogP contribution in [0.3, 0.4) is 0 Å². The highest BCUT2D eigenvalue weighted by molar-refractivity contribution is 7.16. The van der Waals surface area contributed by atoms with E-state index >= 15 is 0 Å². The third-order valence-electron chi connectivity index (χ3n) is 4.31. The van der Waals surface area contributed by atoms with Crippen LogP contribution in [-0.4, -0.2) is 39.8 Å². The van der Waals surface area contributed by atoms with Crippen LogP contribution in [0.5, 0.6) is 0 Å². The highest BCUT2D eigenvalue weighted by Gasteiger charge is 2.28. The molecule has 0 saturated carbocycles. The molecule has 0 spiro atoms. The van der Waals surface area contributed by atoms with Crippen molar-refractivity contribution in [2.75, 3.05) is 18.5 Å². The molecule has 0 radical (unpaired) electrons. The van der Waals surface area contributed by atoms with Gasteiger partial charge in [-0.3, -0.25) is 9.48 Å². The molecule has 2 aromatic rings. The Balaban J connectivity index is 1.84. The fourth-order valence-electron chi connectivity index (χ4n) is 3.05. The summed E-state index contributed by atoms with van der Waals surface area (Å²) in [4.78, 5) is 27.2. The normalized spacial score (nSPS) is 13.2. The van der Waals surface area contributed by atoms with Crippen LogP contribution in [0.15, 0.2) is 12.3 Å². The Morgan fingerprint density at radius 2 is 2.26 bits per heavy atom. The molecule has 9 heteroatoms. The number of nitrogens with zero attached hydrogens (tertiary/aromatic N) is 4. The molecular formula is C18H21N5O3S. The topological polar surface area (TPSA) is 100 Å². The molecule has 3 heterocycles. The molecule has 1 N–H and O–H groups in total. The maximum atomic E-state index is 12.7. The number of nitriles is 1. The van der Waals surface area contributed by atoms with Crippen LogP contribution in [0, 0.1) is 11.3 Å². The average Bonchev–Trinajstić information content (AvgIpc) is 3.25. The monoisotopic (exact) mass is 387 g/mol. The molecule has 1 aliphatic heterocycles. The quantitative estimate of drug-likeness (QED) is 0.868. The van der Waals surface area contributed by atoms with Crippen LogP contribution >= 0.6 is 11.3 Å². The predicted octanol–water partition coefficient (Wildman–Crippen LogP) is 3.16. The van der Waals surface area contributed by atoms with Gasteiger partial charge in [-0.25, -0.2) is 4.79 Å². The first-order chi connectivity index (χ1) is 13.0. The Bertz CT molecular complexity index is 909. The van der Waals surface area contributed by atoms with Crippen molar-refractivity contribution in [3.63, 3.8) is 0 Å². The van der Waals surface area contributed by atoms with E-state index in [1.807, 2.05) is 13.8 Å². The molecule has 0 atom stereocenters. The Morgan fingerprint density at radius 1 is 1.48 bits per heavy atom. The lowest BCUT2D eigenvalue weighted by molar-refractivity contribution is 0.101. The summed E-state index contributed by atoms with van der Waals surface area (Å²) in [5, 5.41) is 17.1. The van der Waals surface area contributed by atoms with Gasteiger partial charge in [0, 0.05) is 23.7 Å². The molecule has 27 heavy (non-hydrogen) atoms. The van der Waals surface area contributed by atoms with Crippen molar-refractivity contribution in [2.24, 2.45) is 0 Å². The zero-order valence-electron chi connectivity index (χ0n) is 15.5. The first-order valence-corrected chi connectivity index (χ1v) is 9.59. The van der Waals surface area contributed by atoms with Gasteiger partial charge in [0.15, 0.2) is 0 Å². The van der Waals surface area contributed by atoms with Crippen molar-refractivity contribution in [1.29, 1.82) is 5.26 Å². The van der Waals surface area contributed by atoms with Gasteiger partial charge in [-0.2, -0.15) is 10.4 Å². The molecule has 1 aliphatic rings. The van der Waals surface area contributed by atoms with Crippen LogP contribution in [0.1, 0.15) is 53.3 Å². The minimum absolute atomic E-state index is 0.0471. The lowest BCUT2D eigenvalue weighted by Crippen LogP contribution is -2.35. The lowest BCUT2D eigenvalue weighted by atomic mass is 10.0. The van der Waals surface area contributed by atoms with E-state index in [0.717, 1.165) is 10.4 Å². The summed E-state index contributed by atoms with van der Waals surface area (Å²) in [7, 11) is 0. The van der Waals surface area contributed by atoms with Crippen molar-refractivity contribution in [1.82, 2.24) is 14.7 Å². The number of fused-ring (bicyclic) bond motifs is 1. The molecule has 142 valence electrons. The van der Waals surface area contributed by atoms with Crippen molar-refractivity contribution < 1.29 is 14.3 Å². The first kappa shape index (κ1) is 18.9. The molecule has 0 unspecified atom stereocenters. The van der Waals surface area contributed by atoms with Crippen LogP contribution < -0.4 is 5.32 Å². The van der Waals surface area contributed by atoms with E-state index in [1.165, 1.54) is 11.3 Å². The summed E-state index contributed by atoms with van der Waals surface area (Å²) in [5.74, 6) is -0.307. The van der Waals surface area contributed by atoms with Crippen molar-refractivity contribution in [3.05, 3.63) is 34.0 Å². The number of aromatic nitrogens is 2. The maximum absolute atomic E-state index is 12.7. The molecule has 2 aromatic heterocycles. The number of rotatable bonds is 4. The fraction of sp³-hybridized carbons (Fsp3) is 0.444. The summed E-state index contributed by atoms with van der Waals surface area (Å²) < 4.78 is 6.69.